The topological polar surface area (TPSA) is 83.6 Å². The SMILES string of the molecule is Cc1cc(OC(=O)CCc2ccc(OCCCCCCOCC3CCC4OC4C3)cc2)ccc1C(=O)OC1CC(C)CCC1C(C)C. The van der Waals surface area contributed by atoms with Crippen LogP contribution in [0.4, 0.5) is 0 Å². The van der Waals surface area contributed by atoms with Crippen LogP contribution in [0.15, 0.2) is 42.5 Å². The third-order valence-electron chi connectivity index (χ3n) is 10.3. The van der Waals surface area contributed by atoms with Crippen molar-refractivity contribution in [1.29, 1.82) is 0 Å². The van der Waals surface area contributed by atoms with E-state index in [4.69, 9.17) is 23.7 Å². The molecule has 7 heteroatoms. The lowest BCUT2D eigenvalue weighted by Gasteiger charge is -2.36. The molecule has 3 aliphatic rings. The molecule has 1 aliphatic heterocycles. The van der Waals surface area contributed by atoms with Gasteiger partial charge in [0.1, 0.15) is 17.6 Å². The van der Waals surface area contributed by atoms with Crippen LogP contribution in [0, 0.1) is 30.6 Å². The number of carbonyl (C=O) groups is 2. The summed E-state index contributed by atoms with van der Waals surface area (Å²) in [5.74, 6) is 2.81. The number of carbonyl (C=O) groups excluding carboxylic acids is 2. The second-order valence-corrected chi connectivity index (χ2v) is 14.6. The van der Waals surface area contributed by atoms with Crippen molar-refractivity contribution in [2.75, 3.05) is 19.8 Å². The first-order valence-electron chi connectivity index (χ1n) is 18.2. The van der Waals surface area contributed by atoms with Crippen LogP contribution in [0.3, 0.4) is 0 Å². The summed E-state index contributed by atoms with van der Waals surface area (Å²) in [7, 11) is 0. The largest absolute Gasteiger partial charge is 0.494 e. The number of unbranched alkanes of at least 4 members (excludes halogenated alkanes) is 3. The van der Waals surface area contributed by atoms with Gasteiger partial charge in [-0.15, -0.1) is 0 Å². The monoisotopic (exact) mass is 648 g/mol. The van der Waals surface area contributed by atoms with Gasteiger partial charge in [-0.25, -0.2) is 4.79 Å². The molecule has 7 nitrogen and oxygen atoms in total. The van der Waals surface area contributed by atoms with Crippen molar-refractivity contribution in [3.05, 3.63) is 59.2 Å². The molecular weight excluding hydrogens is 592 g/mol. The van der Waals surface area contributed by atoms with Crippen molar-refractivity contribution >= 4 is 11.9 Å². The van der Waals surface area contributed by atoms with Crippen molar-refractivity contribution in [1.82, 2.24) is 0 Å². The van der Waals surface area contributed by atoms with E-state index >= 15 is 0 Å². The zero-order chi connectivity index (χ0) is 33.2. The second kappa shape index (κ2) is 17.5. The fraction of sp³-hybridized carbons (Fsp3) is 0.650. The standard InChI is InChI=1S/C40H56O7/c1-27(2)34-17-9-28(3)23-37(34)47-40(42)35-18-16-33(24-29(35)4)45-39(41)20-13-30-10-14-32(15-11-30)44-22-8-6-5-7-21-43-26-31-12-19-36-38(25-31)46-36/h10-11,14-16,18,24,27-28,31,34,36-38H,5-9,12-13,17,19-23,25-26H2,1-4H3. The zero-order valence-electron chi connectivity index (χ0n) is 29.0. The Kier molecular flexibility index (Phi) is 13.2. The Hall–Kier alpha value is -2.90. The van der Waals surface area contributed by atoms with Crippen LogP contribution < -0.4 is 9.47 Å². The summed E-state index contributed by atoms with van der Waals surface area (Å²) in [6, 6.07) is 13.1. The number of benzene rings is 2. The molecule has 2 aromatic rings. The van der Waals surface area contributed by atoms with Crippen molar-refractivity contribution in [3.63, 3.8) is 0 Å². The first kappa shape index (κ1) is 35.4. The van der Waals surface area contributed by atoms with Crippen LogP contribution in [-0.4, -0.2) is 50.1 Å². The summed E-state index contributed by atoms with van der Waals surface area (Å²) >= 11 is 0. The highest BCUT2D eigenvalue weighted by molar-refractivity contribution is 5.91. The molecular formula is C40H56O7. The molecule has 6 atom stereocenters. The number of rotatable bonds is 17. The highest BCUT2D eigenvalue weighted by atomic mass is 16.6. The molecule has 0 radical (unpaired) electrons. The molecule has 47 heavy (non-hydrogen) atoms. The highest BCUT2D eigenvalue weighted by Gasteiger charge is 2.43. The number of esters is 2. The smallest absolute Gasteiger partial charge is 0.338 e. The predicted octanol–water partition coefficient (Wildman–Crippen LogP) is 8.67. The van der Waals surface area contributed by atoms with Crippen LogP contribution in [0.5, 0.6) is 11.5 Å². The Labute approximate surface area is 282 Å². The zero-order valence-corrected chi connectivity index (χ0v) is 29.0. The van der Waals surface area contributed by atoms with Gasteiger partial charge in [0.15, 0.2) is 0 Å². The van der Waals surface area contributed by atoms with E-state index in [1.165, 1.54) is 25.7 Å². The molecule has 0 amide bonds. The van der Waals surface area contributed by atoms with Crippen molar-refractivity contribution in [3.8, 4) is 11.5 Å². The average molecular weight is 649 g/mol. The number of epoxide rings is 1. The van der Waals surface area contributed by atoms with Gasteiger partial charge in [0.05, 0.1) is 24.4 Å². The lowest BCUT2D eigenvalue weighted by molar-refractivity contribution is -0.134. The summed E-state index contributed by atoms with van der Waals surface area (Å²) in [5.41, 5.74) is 2.32. The number of hydrogen-bond donors (Lipinski definition) is 0. The van der Waals surface area contributed by atoms with Crippen LogP contribution >= 0.6 is 0 Å². The average Bonchev–Trinajstić information content (AvgIpc) is 3.82. The van der Waals surface area contributed by atoms with Gasteiger partial charge in [0, 0.05) is 19.6 Å². The van der Waals surface area contributed by atoms with E-state index in [0.717, 1.165) is 68.6 Å². The molecule has 2 aliphatic carbocycles. The maximum absolute atomic E-state index is 13.1. The highest BCUT2D eigenvalue weighted by Crippen LogP contribution is 2.39. The molecule has 0 aromatic heterocycles. The third kappa shape index (κ3) is 11.1. The van der Waals surface area contributed by atoms with Gasteiger partial charge in [-0.05, 0) is 130 Å². The number of fused-ring (bicyclic) bond motifs is 1. The molecule has 5 rings (SSSR count). The molecule has 2 aromatic carbocycles. The molecule has 3 fully saturated rings. The molecule has 6 unspecified atom stereocenters. The van der Waals surface area contributed by atoms with Crippen LogP contribution in [0.2, 0.25) is 0 Å². The van der Waals surface area contributed by atoms with Crippen molar-refractivity contribution < 1.29 is 33.3 Å². The van der Waals surface area contributed by atoms with E-state index in [0.29, 0.717) is 60.2 Å². The maximum Gasteiger partial charge on any atom is 0.338 e. The summed E-state index contributed by atoms with van der Waals surface area (Å²) in [4.78, 5) is 25.7. The Balaban J connectivity index is 0.935. The van der Waals surface area contributed by atoms with Crippen molar-refractivity contribution in [2.45, 2.75) is 123 Å². The minimum Gasteiger partial charge on any atom is -0.494 e. The minimum atomic E-state index is -0.304. The van der Waals surface area contributed by atoms with E-state index in [2.05, 4.69) is 20.8 Å². The number of aryl methyl sites for hydroxylation is 2. The summed E-state index contributed by atoms with van der Waals surface area (Å²) in [6.45, 7) is 10.9. The van der Waals surface area contributed by atoms with Crippen LogP contribution in [-0.2, 0) is 25.4 Å². The Morgan fingerprint density at radius 1 is 0.872 bits per heavy atom. The van der Waals surface area contributed by atoms with E-state index < -0.39 is 0 Å². The Morgan fingerprint density at radius 3 is 2.38 bits per heavy atom. The van der Waals surface area contributed by atoms with E-state index in [-0.39, 0.29) is 24.5 Å². The van der Waals surface area contributed by atoms with Crippen molar-refractivity contribution in [2.24, 2.45) is 23.7 Å². The fourth-order valence-corrected chi connectivity index (χ4v) is 7.30. The molecule has 258 valence electrons. The van der Waals surface area contributed by atoms with E-state index in [1.54, 1.807) is 18.2 Å². The molecule has 0 N–H and O–H groups in total. The van der Waals surface area contributed by atoms with E-state index in [9.17, 15) is 9.59 Å². The third-order valence-corrected chi connectivity index (χ3v) is 10.3. The number of ether oxygens (including phenoxy) is 5. The Morgan fingerprint density at radius 2 is 1.64 bits per heavy atom. The first-order chi connectivity index (χ1) is 22.7. The van der Waals surface area contributed by atoms with Gasteiger partial charge >= 0.3 is 11.9 Å². The Bertz CT molecular complexity index is 1290. The van der Waals surface area contributed by atoms with E-state index in [1.807, 2.05) is 31.2 Å². The quantitative estimate of drug-likeness (QED) is 0.0735. The number of hydrogen-bond acceptors (Lipinski definition) is 7. The normalized spacial score (nSPS) is 25.2. The molecule has 0 bridgehead atoms. The van der Waals surface area contributed by atoms with Gasteiger partial charge in [0.25, 0.3) is 0 Å². The lowest BCUT2D eigenvalue weighted by atomic mass is 9.75. The van der Waals surface area contributed by atoms with Gasteiger partial charge in [-0.2, -0.15) is 0 Å². The van der Waals surface area contributed by atoms with Gasteiger partial charge in [-0.3, -0.25) is 4.79 Å². The molecule has 1 heterocycles. The summed E-state index contributed by atoms with van der Waals surface area (Å²) in [5, 5.41) is 0. The summed E-state index contributed by atoms with van der Waals surface area (Å²) in [6.07, 6.45) is 13.2. The van der Waals surface area contributed by atoms with Gasteiger partial charge in [0.2, 0.25) is 0 Å². The first-order valence-corrected chi connectivity index (χ1v) is 18.2. The predicted molar refractivity (Wildman–Crippen MR) is 183 cm³/mol. The summed E-state index contributed by atoms with van der Waals surface area (Å²) < 4.78 is 29.1. The molecule has 0 spiro atoms. The maximum atomic E-state index is 13.1. The molecule has 1 saturated heterocycles. The fourth-order valence-electron chi connectivity index (χ4n) is 7.30. The second-order valence-electron chi connectivity index (χ2n) is 14.6. The van der Waals surface area contributed by atoms with Crippen LogP contribution in [0.25, 0.3) is 0 Å². The van der Waals surface area contributed by atoms with Gasteiger partial charge < -0.3 is 23.7 Å². The molecule has 2 saturated carbocycles. The lowest BCUT2D eigenvalue weighted by Crippen LogP contribution is -2.36. The van der Waals surface area contributed by atoms with Gasteiger partial charge in [-0.1, -0.05) is 45.7 Å². The minimum absolute atomic E-state index is 0.0535. The van der Waals surface area contributed by atoms with Crippen LogP contribution in [0.1, 0.15) is 113 Å².